The van der Waals surface area contributed by atoms with E-state index in [9.17, 15) is 19.5 Å². The maximum atomic E-state index is 13.0. The monoisotopic (exact) mass is 1370 g/mol. The number of unbranched alkanes of at least 4 members (excludes halogenated alkanes) is 27. The van der Waals surface area contributed by atoms with Crippen LogP contribution in [0, 0.1) is 0 Å². The molecule has 0 aromatic heterocycles. The molecule has 0 aliphatic heterocycles. The number of carbonyl (C=O) groups excluding carboxylic acids is 3. The number of carboxylic acids is 1. The first-order valence-electron chi connectivity index (χ1n) is 39.9. The van der Waals surface area contributed by atoms with E-state index in [-0.39, 0.29) is 38.6 Å². The lowest BCUT2D eigenvalue weighted by atomic mass is 10.0. The predicted molar refractivity (Wildman–Crippen MR) is 425 cm³/mol. The largest absolute Gasteiger partial charge is 0.545 e. The molecule has 9 heteroatoms. The number of carbonyl (C=O) groups is 3. The maximum Gasteiger partial charge on any atom is 0.306 e. The van der Waals surface area contributed by atoms with Crippen molar-refractivity contribution >= 4 is 17.9 Å². The van der Waals surface area contributed by atoms with Crippen LogP contribution >= 0.6 is 0 Å². The van der Waals surface area contributed by atoms with Crippen LogP contribution in [0.25, 0.3) is 0 Å². The number of hydrogen-bond acceptors (Lipinski definition) is 8. The highest BCUT2D eigenvalue weighted by molar-refractivity contribution is 5.70. The van der Waals surface area contributed by atoms with E-state index in [1.165, 1.54) is 135 Å². The first-order valence-corrected chi connectivity index (χ1v) is 39.9. The van der Waals surface area contributed by atoms with Crippen LogP contribution in [0.2, 0.25) is 0 Å². The smallest absolute Gasteiger partial charge is 0.306 e. The second-order valence-corrected chi connectivity index (χ2v) is 27.2. The third-order valence-corrected chi connectivity index (χ3v) is 16.6. The van der Waals surface area contributed by atoms with Crippen molar-refractivity contribution in [1.82, 2.24) is 0 Å². The summed E-state index contributed by atoms with van der Waals surface area (Å²) in [5.74, 6) is -2.30. The van der Waals surface area contributed by atoms with E-state index in [2.05, 4.69) is 196 Å². The Morgan fingerprint density at radius 1 is 0.303 bits per heavy atom. The Morgan fingerprint density at radius 2 is 0.545 bits per heavy atom. The summed E-state index contributed by atoms with van der Waals surface area (Å²) in [5, 5.41) is 11.9. The lowest BCUT2D eigenvalue weighted by Crippen LogP contribution is -2.44. The summed E-state index contributed by atoms with van der Waals surface area (Å²) >= 11 is 0. The third-order valence-electron chi connectivity index (χ3n) is 16.6. The number of nitrogens with zero attached hydrogens (tertiary/aromatic N) is 1. The van der Waals surface area contributed by atoms with E-state index in [0.717, 1.165) is 141 Å². The summed E-state index contributed by atoms with van der Waals surface area (Å²) < 4.78 is 22.8. The molecular weight excluding hydrogens is 1220 g/mol. The van der Waals surface area contributed by atoms with E-state index in [0.29, 0.717) is 17.4 Å². The first kappa shape index (κ1) is 93.4. The number of hydrogen-bond donors (Lipinski definition) is 0. The van der Waals surface area contributed by atoms with Crippen LogP contribution in [-0.4, -0.2) is 82.3 Å². The van der Waals surface area contributed by atoms with Gasteiger partial charge in [-0.05, 0) is 135 Å². The highest BCUT2D eigenvalue weighted by Crippen LogP contribution is 2.17. The maximum absolute atomic E-state index is 13.0. The molecule has 0 amide bonds. The Bertz CT molecular complexity index is 2290. The fraction of sp³-hybridized carbons (Fsp3) is 0.633. The molecule has 560 valence electrons. The molecule has 0 aromatic rings. The van der Waals surface area contributed by atoms with Crippen LogP contribution < -0.4 is 5.11 Å². The van der Waals surface area contributed by atoms with Crippen molar-refractivity contribution in [3.8, 4) is 0 Å². The van der Waals surface area contributed by atoms with Crippen molar-refractivity contribution in [2.45, 2.75) is 322 Å². The normalized spacial score (nSPS) is 13.7. The fourth-order valence-electron chi connectivity index (χ4n) is 10.7. The van der Waals surface area contributed by atoms with Gasteiger partial charge in [-0.3, -0.25) is 9.59 Å². The Kier molecular flexibility index (Phi) is 73.7. The molecule has 0 aliphatic rings. The summed E-state index contributed by atoms with van der Waals surface area (Å²) in [5.41, 5.74) is 0. The van der Waals surface area contributed by atoms with E-state index >= 15 is 0 Å². The molecule has 0 saturated heterocycles. The molecule has 0 aromatic carbocycles. The van der Waals surface area contributed by atoms with Crippen molar-refractivity contribution in [2.24, 2.45) is 0 Å². The Labute approximate surface area is 609 Å². The van der Waals surface area contributed by atoms with Gasteiger partial charge in [0, 0.05) is 12.8 Å². The highest BCUT2D eigenvalue weighted by atomic mass is 16.7. The molecule has 0 radical (unpaired) electrons. The predicted octanol–water partition coefficient (Wildman–Crippen LogP) is 24.6. The number of aliphatic carboxylic acids is 1. The number of allylic oxidation sites excluding steroid dienone is 30. The van der Waals surface area contributed by atoms with Crippen molar-refractivity contribution in [3.05, 3.63) is 182 Å². The van der Waals surface area contributed by atoms with Crippen molar-refractivity contribution in [3.63, 3.8) is 0 Å². The Balaban J connectivity index is 4.08. The topological polar surface area (TPSA) is 111 Å². The number of likely N-dealkylation sites (N-methyl/N-ethyl adjacent to an activating group) is 1. The second-order valence-electron chi connectivity index (χ2n) is 27.2. The quantitative estimate of drug-likeness (QED) is 0.0195. The van der Waals surface area contributed by atoms with Crippen LogP contribution in [0.1, 0.15) is 309 Å². The van der Waals surface area contributed by atoms with E-state index in [1.54, 1.807) is 0 Å². The number of carboxylic acid groups (broad SMARTS) is 1. The molecule has 99 heavy (non-hydrogen) atoms. The zero-order chi connectivity index (χ0) is 71.8. The zero-order valence-corrected chi connectivity index (χ0v) is 64.0. The molecule has 0 bridgehead atoms. The second kappa shape index (κ2) is 78.1. The van der Waals surface area contributed by atoms with E-state index < -0.39 is 24.3 Å². The van der Waals surface area contributed by atoms with Gasteiger partial charge in [0.05, 0.1) is 40.3 Å². The molecular formula is C90H147NO8. The molecule has 0 aliphatic carbocycles. The average Bonchev–Trinajstić information content (AvgIpc) is 1.57. The summed E-state index contributed by atoms with van der Waals surface area (Å²) in [6, 6.07) is 0. The summed E-state index contributed by atoms with van der Waals surface area (Å²) in [6.07, 6.45) is 116. The number of esters is 2. The number of quaternary nitrogens is 1. The molecule has 0 rings (SSSR count). The number of rotatable bonds is 72. The molecule has 0 fully saturated rings. The molecule has 0 saturated carbocycles. The first-order chi connectivity index (χ1) is 48.6. The van der Waals surface area contributed by atoms with Gasteiger partial charge in [0.2, 0.25) is 0 Å². The highest BCUT2D eigenvalue weighted by Gasteiger charge is 2.22. The van der Waals surface area contributed by atoms with Crippen molar-refractivity contribution in [2.75, 3.05) is 47.5 Å². The fourth-order valence-corrected chi connectivity index (χ4v) is 10.7. The summed E-state index contributed by atoms with van der Waals surface area (Å²) in [4.78, 5) is 37.6. The van der Waals surface area contributed by atoms with Gasteiger partial charge >= 0.3 is 11.9 Å². The van der Waals surface area contributed by atoms with Crippen molar-refractivity contribution in [1.29, 1.82) is 0 Å². The number of ether oxygens (including phenoxy) is 4. The average molecular weight is 1370 g/mol. The molecule has 0 N–H and O–H groups in total. The van der Waals surface area contributed by atoms with Crippen LogP contribution in [0.4, 0.5) is 0 Å². The van der Waals surface area contributed by atoms with Gasteiger partial charge in [-0.15, -0.1) is 0 Å². The standard InChI is InChI=1S/C90H147NO8/c1-6-8-10-12-14-16-18-20-22-24-26-28-30-32-34-36-38-40-41-42-43-44-45-46-47-49-50-52-54-56-58-60-62-64-66-68-70-72-74-76-78-80-87(92)97-84-86(85-98-90(89(94)95)96-83-82-91(3,4)5)99-88(93)81-79-77-75-73-71-69-67-65-63-61-59-57-55-53-51-48-39-37-35-33-31-29-27-25-23-21-19-17-15-13-11-9-7-2/h8-11,14-17,20-23,26-29,32-35,38-40,42-43,48,53,55,59,61,86,90H,6-7,12-13,18-19,24-25,30-31,36-37,41,44-47,49-52,54,56-58,60,62-85H2,1-5H3/b10-8-,11-9-,16-14-,17-15-,22-20-,23-21-,28-26-,29-27-,34-32-,35-33-,40-38-,43-42-,48-39-,55-53-,61-59-. The summed E-state index contributed by atoms with van der Waals surface area (Å²) in [6.45, 7) is 4.51. The van der Waals surface area contributed by atoms with Crippen LogP contribution in [0.15, 0.2) is 182 Å². The van der Waals surface area contributed by atoms with Gasteiger partial charge in [0.15, 0.2) is 12.4 Å². The van der Waals surface area contributed by atoms with Gasteiger partial charge in [0.25, 0.3) is 0 Å². The molecule has 9 nitrogen and oxygen atoms in total. The summed E-state index contributed by atoms with van der Waals surface area (Å²) in [7, 11) is 5.93. The lowest BCUT2D eigenvalue weighted by Gasteiger charge is -2.26. The minimum absolute atomic E-state index is 0.139. The Hall–Kier alpha value is -5.61. The van der Waals surface area contributed by atoms with Crippen LogP contribution in [-0.2, 0) is 33.3 Å². The van der Waals surface area contributed by atoms with Gasteiger partial charge in [0.1, 0.15) is 13.2 Å². The lowest BCUT2D eigenvalue weighted by molar-refractivity contribution is -0.870. The SMILES string of the molecule is CC/C=C\C/C=C\C/C=C\C/C=C\C/C=C\C/C=C\C/C=C\C/C=C\CCCCCCCCCCC(=O)OC(COC(=O)CCCCCCCCCCCCCCCCCCCCC/C=C\C/C=C\C/C=C\C/C=C\C/C=C\C/C=C\C/C=C\CC)COC(OCC[N+](C)(C)C)C(=O)[O-]. The van der Waals surface area contributed by atoms with Gasteiger partial charge < -0.3 is 33.3 Å². The van der Waals surface area contributed by atoms with Crippen LogP contribution in [0.5, 0.6) is 0 Å². The third kappa shape index (κ3) is 79.6. The minimum Gasteiger partial charge on any atom is -0.545 e. The minimum atomic E-state index is -1.63. The van der Waals surface area contributed by atoms with Gasteiger partial charge in [-0.2, -0.15) is 0 Å². The van der Waals surface area contributed by atoms with Crippen molar-refractivity contribution < 1.29 is 42.9 Å². The van der Waals surface area contributed by atoms with Crippen LogP contribution in [0.3, 0.4) is 0 Å². The molecule has 0 heterocycles. The van der Waals surface area contributed by atoms with Gasteiger partial charge in [-0.25, -0.2) is 0 Å². The molecule has 2 atom stereocenters. The molecule has 0 spiro atoms. The zero-order valence-electron chi connectivity index (χ0n) is 64.0. The Morgan fingerprint density at radius 3 is 0.808 bits per heavy atom. The van der Waals surface area contributed by atoms with E-state index in [4.69, 9.17) is 18.9 Å². The van der Waals surface area contributed by atoms with Gasteiger partial charge in [-0.1, -0.05) is 344 Å². The molecule has 2 unspecified atom stereocenters. The van der Waals surface area contributed by atoms with E-state index in [1.807, 2.05) is 21.1 Å².